The average molecular weight is 367 g/mol. The van der Waals surface area contributed by atoms with Crippen LogP contribution in [0.5, 0.6) is 0 Å². The highest BCUT2D eigenvalue weighted by molar-refractivity contribution is 7.91. The number of nitro groups is 1. The monoisotopic (exact) mass is 366 g/mol. The molecule has 0 radical (unpaired) electrons. The number of pyridine rings is 1. The van der Waals surface area contributed by atoms with E-state index in [0.717, 1.165) is 10.6 Å². The molecule has 1 aromatic heterocycles. The van der Waals surface area contributed by atoms with E-state index in [0.29, 0.717) is 0 Å². The summed E-state index contributed by atoms with van der Waals surface area (Å²) in [4.78, 5) is 33.1. The lowest BCUT2D eigenvalue weighted by atomic mass is 10.3. The quantitative estimate of drug-likeness (QED) is 0.300. The van der Waals surface area contributed by atoms with Crippen LogP contribution in [0, 0.1) is 17.0 Å². The molecule has 0 aromatic carbocycles. The average Bonchev–Trinajstić information content (AvgIpc) is 2.42. The Morgan fingerprint density at radius 3 is 2.57 bits per heavy atom. The number of halogens is 1. The predicted octanol–water partition coefficient (Wildman–Crippen LogP) is 0.641. The van der Waals surface area contributed by atoms with E-state index in [1.54, 1.807) is 6.92 Å². The molecule has 0 saturated carbocycles. The van der Waals surface area contributed by atoms with Gasteiger partial charge in [0.2, 0.25) is 0 Å². The van der Waals surface area contributed by atoms with Crippen LogP contribution in [-0.2, 0) is 25.9 Å². The maximum absolute atomic E-state index is 12.3. The van der Waals surface area contributed by atoms with E-state index in [1.165, 1.54) is 6.92 Å². The second-order valence-corrected chi connectivity index (χ2v) is 6.92. The van der Waals surface area contributed by atoms with Crippen molar-refractivity contribution in [3.8, 4) is 0 Å². The third-order valence-electron chi connectivity index (χ3n) is 2.90. The fraction of sp³-hybridized carbons (Fsp3) is 0.500. The summed E-state index contributed by atoms with van der Waals surface area (Å²) in [6, 6.07) is 0.987. The van der Waals surface area contributed by atoms with E-state index in [-0.39, 0.29) is 18.2 Å². The Morgan fingerprint density at radius 2 is 2.09 bits per heavy atom. The summed E-state index contributed by atoms with van der Waals surface area (Å²) in [5.74, 6) is -1.58. The SMILES string of the molecule is CCOC(=O)Cn1c(C)cc(S(=O)(=O)CCCl)c([N+](=O)[O-])c1=O. The lowest BCUT2D eigenvalue weighted by Gasteiger charge is -2.11. The summed E-state index contributed by atoms with van der Waals surface area (Å²) >= 11 is 5.39. The first-order valence-electron chi connectivity index (χ1n) is 6.48. The highest BCUT2D eigenvalue weighted by Gasteiger charge is 2.31. The number of esters is 1. The first-order valence-corrected chi connectivity index (χ1v) is 8.67. The Bertz CT molecular complexity index is 785. The van der Waals surface area contributed by atoms with Gasteiger partial charge < -0.3 is 4.74 Å². The second-order valence-electron chi connectivity index (χ2n) is 4.46. The van der Waals surface area contributed by atoms with E-state index in [4.69, 9.17) is 11.6 Å². The zero-order chi connectivity index (χ0) is 17.8. The second kappa shape index (κ2) is 7.55. The Morgan fingerprint density at radius 1 is 1.48 bits per heavy atom. The van der Waals surface area contributed by atoms with E-state index < -0.39 is 49.2 Å². The van der Waals surface area contributed by atoms with Gasteiger partial charge in [-0.25, -0.2) is 8.42 Å². The molecule has 0 saturated heterocycles. The first kappa shape index (κ1) is 19.1. The smallest absolute Gasteiger partial charge is 0.352 e. The van der Waals surface area contributed by atoms with E-state index in [9.17, 15) is 28.1 Å². The van der Waals surface area contributed by atoms with Gasteiger partial charge in [-0.1, -0.05) is 0 Å². The molecule has 0 atom stereocenters. The minimum Gasteiger partial charge on any atom is -0.465 e. The Labute approximate surface area is 136 Å². The molecule has 0 amide bonds. The highest BCUT2D eigenvalue weighted by atomic mass is 35.5. The molecular formula is C12H15ClN2O7S. The van der Waals surface area contributed by atoms with Gasteiger partial charge in [-0.2, -0.15) is 0 Å². The molecular weight excluding hydrogens is 352 g/mol. The summed E-state index contributed by atoms with van der Waals surface area (Å²) in [5, 5.41) is 11.1. The molecule has 9 nitrogen and oxygen atoms in total. The number of alkyl halides is 1. The van der Waals surface area contributed by atoms with Crippen molar-refractivity contribution in [3.05, 3.63) is 32.2 Å². The van der Waals surface area contributed by atoms with Crippen LogP contribution in [0.1, 0.15) is 12.6 Å². The summed E-state index contributed by atoms with van der Waals surface area (Å²) in [5.41, 5.74) is -2.21. The van der Waals surface area contributed by atoms with E-state index in [1.807, 2.05) is 0 Å². The van der Waals surface area contributed by atoms with Gasteiger partial charge in [-0.15, -0.1) is 11.6 Å². The Kier molecular flexibility index (Phi) is 6.28. The number of aryl methyl sites for hydroxylation is 1. The number of carbonyl (C=O) groups excluding carboxylic acids is 1. The Balaban J connectivity index is 3.59. The molecule has 128 valence electrons. The zero-order valence-corrected chi connectivity index (χ0v) is 14.0. The number of aromatic nitrogens is 1. The van der Waals surface area contributed by atoms with Gasteiger partial charge in [0.1, 0.15) is 6.54 Å². The molecule has 1 heterocycles. The van der Waals surface area contributed by atoms with Crippen LogP contribution in [0.15, 0.2) is 15.8 Å². The standard InChI is InChI=1S/C12H15ClN2O7S/c1-3-22-10(16)7-14-8(2)6-9(23(20,21)5-4-13)11(12(14)17)15(18)19/h6H,3-5,7H2,1-2H3. The van der Waals surface area contributed by atoms with Crippen molar-refractivity contribution in [2.24, 2.45) is 0 Å². The Hall–Kier alpha value is -1.94. The zero-order valence-electron chi connectivity index (χ0n) is 12.4. The topological polar surface area (TPSA) is 126 Å². The molecule has 1 aromatic rings. The van der Waals surface area contributed by atoms with Gasteiger partial charge in [-0.05, 0) is 19.9 Å². The lowest BCUT2D eigenvalue weighted by molar-refractivity contribution is -0.389. The van der Waals surface area contributed by atoms with Gasteiger partial charge >= 0.3 is 17.2 Å². The van der Waals surface area contributed by atoms with Crippen molar-refractivity contribution in [3.63, 3.8) is 0 Å². The molecule has 0 aliphatic rings. The maximum atomic E-state index is 12.3. The van der Waals surface area contributed by atoms with Crippen LogP contribution in [0.4, 0.5) is 5.69 Å². The van der Waals surface area contributed by atoms with E-state index >= 15 is 0 Å². The van der Waals surface area contributed by atoms with Crippen molar-refractivity contribution in [2.45, 2.75) is 25.3 Å². The molecule has 11 heteroatoms. The number of ether oxygens (including phenoxy) is 1. The summed E-state index contributed by atoms with van der Waals surface area (Å²) in [6.45, 7) is 2.47. The highest BCUT2D eigenvalue weighted by Crippen LogP contribution is 2.22. The van der Waals surface area contributed by atoms with Crippen LogP contribution >= 0.6 is 11.6 Å². The molecule has 0 bridgehead atoms. The minimum absolute atomic E-state index is 0.0803. The normalized spacial score (nSPS) is 11.3. The molecule has 0 unspecified atom stereocenters. The number of carbonyl (C=O) groups is 1. The van der Waals surface area contributed by atoms with Crippen LogP contribution in [0.2, 0.25) is 0 Å². The molecule has 23 heavy (non-hydrogen) atoms. The van der Waals surface area contributed by atoms with Crippen LogP contribution in [0.3, 0.4) is 0 Å². The van der Waals surface area contributed by atoms with E-state index in [2.05, 4.69) is 4.74 Å². The number of sulfone groups is 1. The third kappa shape index (κ3) is 4.29. The summed E-state index contributed by atoms with van der Waals surface area (Å²) in [6.07, 6.45) is 0. The molecule has 1 rings (SSSR count). The molecule has 0 spiro atoms. The van der Waals surface area contributed by atoms with Crippen LogP contribution in [0.25, 0.3) is 0 Å². The molecule has 0 N–H and O–H groups in total. The molecule has 0 aliphatic heterocycles. The number of rotatable bonds is 7. The van der Waals surface area contributed by atoms with Gasteiger partial charge in [-0.3, -0.25) is 24.3 Å². The fourth-order valence-corrected chi connectivity index (χ4v) is 3.72. The predicted molar refractivity (Wildman–Crippen MR) is 81.5 cm³/mol. The van der Waals surface area contributed by atoms with Crippen molar-refractivity contribution >= 4 is 33.1 Å². The van der Waals surface area contributed by atoms with Gasteiger partial charge in [0.15, 0.2) is 14.7 Å². The number of nitrogens with zero attached hydrogens (tertiary/aromatic N) is 2. The first-order chi connectivity index (χ1) is 10.7. The lowest BCUT2D eigenvalue weighted by Crippen LogP contribution is -2.30. The third-order valence-corrected chi connectivity index (χ3v) is 5.04. The van der Waals surface area contributed by atoms with Crippen LogP contribution in [-0.4, -0.2) is 42.1 Å². The molecule has 0 fully saturated rings. The van der Waals surface area contributed by atoms with Gasteiger partial charge in [0.05, 0.1) is 17.3 Å². The minimum atomic E-state index is -4.09. The maximum Gasteiger partial charge on any atom is 0.352 e. The summed E-state index contributed by atoms with van der Waals surface area (Å²) < 4.78 is 29.6. The number of hydrogen-bond donors (Lipinski definition) is 0. The van der Waals surface area contributed by atoms with Crippen molar-refractivity contribution in [1.82, 2.24) is 4.57 Å². The summed E-state index contributed by atoms with van der Waals surface area (Å²) in [7, 11) is -4.09. The van der Waals surface area contributed by atoms with Crippen LogP contribution < -0.4 is 5.56 Å². The fourth-order valence-electron chi connectivity index (χ4n) is 1.88. The van der Waals surface area contributed by atoms with Gasteiger partial charge in [0, 0.05) is 11.6 Å². The van der Waals surface area contributed by atoms with Gasteiger partial charge in [0.25, 0.3) is 0 Å². The largest absolute Gasteiger partial charge is 0.465 e. The molecule has 0 aliphatic carbocycles. The van der Waals surface area contributed by atoms with Crippen molar-refractivity contribution < 1.29 is 22.9 Å². The number of hydrogen-bond acceptors (Lipinski definition) is 7. The van der Waals surface area contributed by atoms with Crippen molar-refractivity contribution in [2.75, 3.05) is 18.2 Å². The van der Waals surface area contributed by atoms with Crippen molar-refractivity contribution in [1.29, 1.82) is 0 Å².